The molecule has 2 aliphatic rings. The predicted octanol–water partition coefficient (Wildman–Crippen LogP) is 0.976. The SMILES string of the molecule is O=C1CCN(C2CCC(F)(F)C2)C1=O. The number of carbonyl (C=O) groups excluding carboxylic acids is 2. The molecule has 1 saturated heterocycles. The number of alkyl halides is 2. The number of hydrogen-bond donors (Lipinski definition) is 0. The van der Waals surface area contributed by atoms with E-state index < -0.39 is 23.7 Å². The normalized spacial score (nSPS) is 31.6. The average molecular weight is 203 g/mol. The second-order valence-electron chi connectivity index (χ2n) is 3.92. The molecule has 14 heavy (non-hydrogen) atoms. The molecule has 2 fully saturated rings. The summed E-state index contributed by atoms with van der Waals surface area (Å²) in [5, 5.41) is 0. The summed E-state index contributed by atoms with van der Waals surface area (Å²) in [6, 6.07) is -0.427. The zero-order valence-electron chi connectivity index (χ0n) is 7.63. The molecule has 3 nitrogen and oxygen atoms in total. The van der Waals surface area contributed by atoms with E-state index in [2.05, 4.69) is 0 Å². The second-order valence-corrected chi connectivity index (χ2v) is 3.92. The second kappa shape index (κ2) is 3.00. The van der Waals surface area contributed by atoms with Crippen LogP contribution < -0.4 is 0 Å². The highest BCUT2D eigenvalue weighted by atomic mass is 19.3. The van der Waals surface area contributed by atoms with E-state index in [4.69, 9.17) is 0 Å². The summed E-state index contributed by atoms with van der Waals surface area (Å²) < 4.78 is 25.7. The van der Waals surface area contributed by atoms with Crippen LogP contribution in [0.4, 0.5) is 8.78 Å². The molecule has 1 amide bonds. The maximum atomic E-state index is 12.8. The summed E-state index contributed by atoms with van der Waals surface area (Å²) in [6.45, 7) is 0.318. The van der Waals surface area contributed by atoms with Crippen molar-refractivity contribution in [2.45, 2.75) is 37.6 Å². The molecule has 78 valence electrons. The van der Waals surface area contributed by atoms with Crippen LogP contribution in [-0.2, 0) is 9.59 Å². The lowest BCUT2D eigenvalue weighted by Gasteiger charge is -2.22. The molecule has 0 aromatic heterocycles. The molecule has 2 rings (SSSR count). The van der Waals surface area contributed by atoms with Gasteiger partial charge in [0.15, 0.2) is 0 Å². The Morgan fingerprint density at radius 2 is 2.07 bits per heavy atom. The summed E-state index contributed by atoms with van der Waals surface area (Å²) >= 11 is 0. The van der Waals surface area contributed by atoms with Crippen LogP contribution in [0.3, 0.4) is 0 Å². The largest absolute Gasteiger partial charge is 0.332 e. The zero-order chi connectivity index (χ0) is 10.3. The Morgan fingerprint density at radius 1 is 1.36 bits per heavy atom. The van der Waals surface area contributed by atoms with E-state index in [9.17, 15) is 18.4 Å². The Kier molecular flexibility index (Phi) is 2.05. The van der Waals surface area contributed by atoms with Gasteiger partial charge in [-0.05, 0) is 6.42 Å². The van der Waals surface area contributed by atoms with Gasteiger partial charge in [0.2, 0.25) is 11.7 Å². The van der Waals surface area contributed by atoms with Gasteiger partial charge in [0.25, 0.3) is 5.91 Å². The number of amides is 1. The third-order valence-corrected chi connectivity index (χ3v) is 2.90. The van der Waals surface area contributed by atoms with E-state index in [1.165, 1.54) is 4.90 Å². The average Bonchev–Trinajstić information content (AvgIpc) is 2.59. The summed E-state index contributed by atoms with van der Waals surface area (Å²) in [6.07, 6.45) is 0.0363. The van der Waals surface area contributed by atoms with E-state index in [0.717, 1.165) is 0 Å². The third kappa shape index (κ3) is 1.51. The lowest BCUT2D eigenvalue weighted by molar-refractivity contribution is -0.141. The molecule has 1 saturated carbocycles. The van der Waals surface area contributed by atoms with Crippen LogP contribution in [0.1, 0.15) is 25.7 Å². The molecule has 1 aliphatic heterocycles. The van der Waals surface area contributed by atoms with Crippen molar-refractivity contribution in [3.63, 3.8) is 0 Å². The quantitative estimate of drug-likeness (QED) is 0.595. The maximum absolute atomic E-state index is 12.8. The molecule has 0 aromatic rings. The Morgan fingerprint density at radius 3 is 2.50 bits per heavy atom. The van der Waals surface area contributed by atoms with Crippen molar-refractivity contribution in [2.75, 3.05) is 6.54 Å². The molecule has 0 N–H and O–H groups in total. The van der Waals surface area contributed by atoms with E-state index in [0.29, 0.717) is 13.0 Å². The number of carbonyl (C=O) groups is 2. The minimum absolute atomic E-state index is 0.171. The molecule has 1 unspecified atom stereocenters. The van der Waals surface area contributed by atoms with Gasteiger partial charge in [-0.1, -0.05) is 0 Å². The van der Waals surface area contributed by atoms with Crippen LogP contribution >= 0.6 is 0 Å². The van der Waals surface area contributed by atoms with Crippen molar-refractivity contribution in [2.24, 2.45) is 0 Å². The number of Topliss-reactive ketones (excluding diaryl/α,β-unsaturated/α-hetero) is 1. The molecule has 5 heteroatoms. The number of ketones is 1. The fourth-order valence-corrected chi connectivity index (χ4v) is 2.13. The van der Waals surface area contributed by atoms with Crippen molar-refractivity contribution in [3.05, 3.63) is 0 Å². The van der Waals surface area contributed by atoms with Crippen molar-refractivity contribution >= 4 is 11.7 Å². The van der Waals surface area contributed by atoms with Gasteiger partial charge in [-0.3, -0.25) is 9.59 Å². The van der Waals surface area contributed by atoms with Crippen LogP contribution in [0.2, 0.25) is 0 Å². The summed E-state index contributed by atoms with van der Waals surface area (Å²) in [5.41, 5.74) is 0. The number of rotatable bonds is 1. The van der Waals surface area contributed by atoms with E-state index in [-0.39, 0.29) is 19.3 Å². The Labute approximate surface area is 80.1 Å². The van der Waals surface area contributed by atoms with Gasteiger partial charge >= 0.3 is 0 Å². The zero-order valence-corrected chi connectivity index (χ0v) is 7.63. The van der Waals surface area contributed by atoms with Crippen molar-refractivity contribution in [1.29, 1.82) is 0 Å². The Hall–Kier alpha value is -1.00. The van der Waals surface area contributed by atoms with Crippen LogP contribution in [0.5, 0.6) is 0 Å². The fraction of sp³-hybridized carbons (Fsp3) is 0.778. The first-order valence-electron chi connectivity index (χ1n) is 4.71. The van der Waals surface area contributed by atoms with Gasteiger partial charge in [0.1, 0.15) is 0 Å². The molecule has 0 bridgehead atoms. The van der Waals surface area contributed by atoms with Crippen LogP contribution in [-0.4, -0.2) is 35.1 Å². The lowest BCUT2D eigenvalue weighted by Crippen LogP contribution is -2.36. The van der Waals surface area contributed by atoms with E-state index in [1.54, 1.807) is 0 Å². The number of nitrogens with zero attached hydrogens (tertiary/aromatic N) is 1. The standard InChI is InChI=1S/C9H11F2NO2/c10-9(11)3-1-6(5-9)12-4-2-7(13)8(12)14/h6H,1-5H2. The van der Waals surface area contributed by atoms with Gasteiger partial charge in [-0.15, -0.1) is 0 Å². The molecule has 0 spiro atoms. The first kappa shape index (κ1) is 9.55. The third-order valence-electron chi connectivity index (χ3n) is 2.90. The highest BCUT2D eigenvalue weighted by Gasteiger charge is 2.45. The van der Waals surface area contributed by atoms with Gasteiger partial charge in [-0.25, -0.2) is 8.78 Å². The van der Waals surface area contributed by atoms with Crippen LogP contribution in [0, 0.1) is 0 Å². The van der Waals surface area contributed by atoms with Crippen molar-refractivity contribution in [1.82, 2.24) is 4.90 Å². The van der Waals surface area contributed by atoms with Gasteiger partial charge in [0.05, 0.1) is 0 Å². The molecule has 1 atom stereocenters. The van der Waals surface area contributed by atoms with Crippen LogP contribution in [0.25, 0.3) is 0 Å². The Bertz CT molecular complexity index is 291. The molecule has 0 radical (unpaired) electrons. The summed E-state index contributed by atoms with van der Waals surface area (Å²) in [5.74, 6) is -3.68. The van der Waals surface area contributed by atoms with Gasteiger partial charge < -0.3 is 4.90 Å². The van der Waals surface area contributed by atoms with Gasteiger partial charge in [-0.2, -0.15) is 0 Å². The minimum atomic E-state index is -2.66. The summed E-state index contributed by atoms with van der Waals surface area (Å²) in [4.78, 5) is 23.5. The number of halogens is 2. The smallest absolute Gasteiger partial charge is 0.290 e. The summed E-state index contributed by atoms with van der Waals surface area (Å²) in [7, 11) is 0. The first-order chi connectivity index (χ1) is 6.49. The topological polar surface area (TPSA) is 37.4 Å². The molecule has 0 aromatic carbocycles. The van der Waals surface area contributed by atoms with Crippen LogP contribution in [0.15, 0.2) is 0 Å². The monoisotopic (exact) mass is 203 g/mol. The highest BCUT2D eigenvalue weighted by molar-refractivity contribution is 6.37. The van der Waals surface area contributed by atoms with Crippen molar-refractivity contribution in [3.8, 4) is 0 Å². The Balaban J connectivity index is 2.04. The highest BCUT2D eigenvalue weighted by Crippen LogP contribution is 2.38. The minimum Gasteiger partial charge on any atom is -0.332 e. The van der Waals surface area contributed by atoms with E-state index >= 15 is 0 Å². The fourth-order valence-electron chi connectivity index (χ4n) is 2.13. The number of hydrogen-bond acceptors (Lipinski definition) is 2. The first-order valence-corrected chi connectivity index (χ1v) is 4.71. The molecule has 1 heterocycles. The maximum Gasteiger partial charge on any atom is 0.290 e. The lowest BCUT2D eigenvalue weighted by atomic mass is 10.2. The van der Waals surface area contributed by atoms with Crippen molar-refractivity contribution < 1.29 is 18.4 Å². The van der Waals surface area contributed by atoms with Gasteiger partial charge in [0, 0.05) is 31.8 Å². The van der Waals surface area contributed by atoms with E-state index in [1.807, 2.05) is 0 Å². The predicted molar refractivity (Wildman–Crippen MR) is 43.9 cm³/mol. The molecular weight excluding hydrogens is 192 g/mol. The molecular formula is C9H11F2NO2. The molecule has 1 aliphatic carbocycles. The number of likely N-dealkylation sites (tertiary alicyclic amines) is 1.